The maximum Gasteiger partial charge on any atom is 0.423 e. The molecule has 10 nitrogen and oxygen atoms in total. The van der Waals surface area contributed by atoms with Crippen molar-refractivity contribution in [1.29, 1.82) is 5.26 Å². The van der Waals surface area contributed by atoms with Crippen molar-refractivity contribution in [1.82, 2.24) is 25.0 Å². The van der Waals surface area contributed by atoms with Crippen LogP contribution < -0.4 is 15.4 Å². The molecule has 1 N–H and O–H groups in total. The van der Waals surface area contributed by atoms with Gasteiger partial charge in [-0.15, -0.1) is 0 Å². The Balaban J connectivity index is 1.22. The lowest BCUT2D eigenvalue weighted by molar-refractivity contribution is -0.138. The van der Waals surface area contributed by atoms with Gasteiger partial charge in [0.25, 0.3) is 5.56 Å². The molecule has 3 aromatic rings. The number of rotatable bonds is 7. The van der Waals surface area contributed by atoms with Crippen molar-refractivity contribution in [2.75, 3.05) is 56.1 Å². The fourth-order valence-electron chi connectivity index (χ4n) is 5.45. The molecule has 4 heterocycles. The van der Waals surface area contributed by atoms with Crippen LogP contribution >= 0.6 is 0 Å². The smallest absolute Gasteiger partial charge is 0.357 e. The minimum atomic E-state index is -4.84. The quantitative estimate of drug-likeness (QED) is 0.465. The molecule has 13 heteroatoms. The van der Waals surface area contributed by atoms with Crippen molar-refractivity contribution < 1.29 is 18.0 Å². The molecule has 2 aliphatic rings. The van der Waals surface area contributed by atoms with Crippen molar-refractivity contribution in [2.24, 2.45) is 0 Å². The van der Waals surface area contributed by atoms with Crippen LogP contribution in [-0.4, -0.2) is 77.2 Å². The third-order valence-corrected chi connectivity index (χ3v) is 7.59. The number of aromatic nitrogens is 3. The summed E-state index contributed by atoms with van der Waals surface area (Å²) in [5, 5.41) is 14.5. The molecule has 1 amide bonds. The third kappa shape index (κ3) is 6.02. The van der Waals surface area contributed by atoms with E-state index >= 15 is 0 Å². The maximum atomic E-state index is 13.9. The van der Waals surface area contributed by atoms with Crippen molar-refractivity contribution in [3.05, 3.63) is 81.4 Å². The molecule has 2 aromatic heterocycles. The highest BCUT2D eigenvalue weighted by molar-refractivity contribution is 5.76. The third-order valence-electron chi connectivity index (χ3n) is 7.59. The minimum absolute atomic E-state index is 0.00566. The minimum Gasteiger partial charge on any atom is -0.357 e. The summed E-state index contributed by atoms with van der Waals surface area (Å²) in [6.07, 6.45) is -1.99. The summed E-state index contributed by atoms with van der Waals surface area (Å²) in [6.45, 7) is 3.32. The number of nitriles is 1. The Morgan fingerprint density at radius 1 is 1.15 bits per heavy atom. The van der Waals surface area contributed by atoms with Gasteiger partial charge < -0.3 is 19.6 Å². The number of pyridine rings is 1. The Kier molecular flexibility index (Phi) is 7.94. The first-order chi connectivity index (χ1) is 19.7. The highest BCUT2D eigenvalue weighted by Gasteiger charge is 2.42. The number of hydrogen-bond donors (Lipinski definition) is 1. The van der Waals surface area contributed by atoms with Gasteiger partial charge in [0, 0.05) is 58.4 Å². The van der Waals surface area contributed by atoms with E-state index < -0.39 is 23.3 Å². The van der Waals surface area contributed by atoms with Crippen LogP contribution in [0.1, 0.15) is 34.7 Å². The van der Waals surface area contributed by atoms with Gasteiger partial charge >= 0.3 is 6.18 Å². The number of likely N-dealkylation sites (N-methyl/N-ethyl adjacent to an activating group) is 1. The topological polar surface area (TPSA) is 112 Å². The second kappa shape index (κ2) is 11.6. The number of alkyl halides is 3. The van der Waals surface area contributed by atoms with Crippen molar-refractivity contribution >= 4 is 17.4 Å². The van der Waals surface area contributed by atoms with Crippen LogP contribution in [0, 0.1) is 11.3 Å². The molecule has 0 unspecified atom stereocenters. The molecule has 1 saturated heterocycles. The zero-order valence-electron chi connectivity index (χ0n) is 22.4. The summed E-state index contributed by atoms with van der Waals surface area (Å²) in [4.78, 5) is 36.9. The van der Waals surface area contributed by atoms with Gasteiger partial charge in [0.15, 0.2) is 0 Å². The molecule has 5 rings (SSSR count). The van der Waals surface area contributed by atoms with Crippen LogP contribution in [0.25, 0.3) is 0 Å². The molecule has 0 saturated carbocycles. The molecule has 0 aliphatic carbocycles. The largest absolute Gasteiger partial charge is 0.423 e. The van der Waals surface area contributed by atoms with Crippen LogP contribution in [0.15, 0.2) is 53.6 Å². The number of carbonyl (C=O) groups is 1. The first-order valence-corrected chi connectivity index (χ1v) is 13.2. The summed E-state index contributed by atoms with van der Waals surface area (Å²) in [5.41, 5.74) is -0.554. The highest BCUT2D eigenvalue weighted by atomic mass is 19.4. The lowest BCUT2D eigenvalue weighted by atomic mass is 10.0. The molecular formula is C28H29F3N8O2. The Morgan fingerprint density at radius 3 is 2.59 bits per heavy atom. The molecule has 0 bridgehead atoms. The van der Waals surface area contributed by atoms with Crippen LogP contribution in [0.3, 0.4) is 0 Å². The molecule has 1 fully saturated rings. The van der Waals surface area contributed by atoms with Crippen molar-refractivity contribution in [3.63, 3.8) is 0 Å². The van der Waals surface area contributed by atoms with Gasteiger partial charge in [-0.25, -0.2) is 10.1 Å². The average molecular weight is 567 g/mol. The van der Waals surface area contributed by atoms with Gasteiger partial charge in [0.05, 0.1) is 23.5 Å². The Morgan fingerprint density at radius 2 is 1.90 bits per heavy atom. The Labute approximate surface area is 234 Å². The molecular weight excluding hydrogens is 537 g/mol. The van der Waals surface area contributed by atoms with Crippen molar-refractivity contribution in [3.8, 4) is 6.07 Å². The second-order valence-corrected chi connectivity index (χ2v) is 10.2. The lowest BCUT2D eigenvalue weighted by Crippen LogP contribution is -2.49. The number of aromatic amines is 1. The number of amides is 1. The molecule has 214 valence electrons. The first kappa shape index (κ1) is 28.1. The van der Waals surface area contributed by atoms with E-state index in [9.17, 15) is 22.8 Å². The van der Waals surface area contributed by atoms with E-state index in [0.29, 0.717) is 44.8 Å². The van der Waals surface area contributed by atoms with Gasteiger partial charge in [0.1, 0.15) is 17.5 Å². The molecule has 41 heavy (non-hydrogen) atoms. The standard InChI is InChI=1S/C28H29F3N8O2/c1-36(9-8-25(40)38-12-10-37(11-13-38)24-7-6-19(14-32)15-33-24)18-23-21-5-3-2-4-20(21)17-39(23)22-16-34-35-27(41)26(22)28(29,30)31/h2-7,15-16,23H,8-13,17-18H2,1H3,(H,35,41)/t23-/m0/s1. The monoisotopic (exact) mass is 566 g/mol. The van der Waals surface area contributed by atoms with Crippen LogP contribution in [0.5, 0.6) is 0 Å². The zero-order valence-corrected chi connectivity index (χ0v) is 22.4. The van der Waals surface area contributed by atoms with Gasteiger partial charge in [-0.2, -0.15) is 23.5 Å². The number of carbonyl (C=O) groups excluding carboxylic acids is 1. The molecule has 0 radical (unpaired) electrons. The second-order valence-electron chi connectivity index (χ2n) is 10.2. The average Bonchev–Trinajstić information content (AvgIpc) is 3.33. The van der Waals surface area contributed by atoms with E-state index in [4.69, 9.17) is 5.26 Å². The number of anilines is 2. The molecule has 1 aromatic carbocycles. The number of hydrogen-bond acceptors (Lipinski definition) is 8. The predicted octanol–water partition coefficient (Wildman–Crippen LogP) is 2.79. The number of fused-ring (bicyclic) bond motifs is 1. The Hall–Kier alpha value is -4.44. The summed E-state index contributed by atoms with van der Waals surface area (Å²) >= 11 is 0. The fraction of sp³-hybridized carbons (Fsp3) is 0.393. The number of H-pyrrole nitrogens is 1. The van der Waals surface area contributed by atoms with Gasteiger partial charge in [-0.05, 0) is 30.3 Å². The fourth-order valence-corrected chi connectivity index (χ4v) is 5.45. The van der Waals surface area contributed by atoms with Gasteiger partial charge in [-0.3, -0.25) is 9.59 Å². The van der Waals surface area contributed by atoms with Crippen LogP contribution in [0.4, 0.5) is 24.7 Å². The van der Waals surface area contributed by atoms with E-state index in [1.54, 1.807) is 17.0 Å². The van der Waals surface area contributed by atoms with E-state index in [0.717, 1.165) is 23.1 Å². The molecule has 2 aliphatic heterocycles. The Bertz CT molecular complexity index is 1490. The molecule has 1 atom stereocenters. The number of nitrogens with one attached hydrogen (secondary N) is 1. The summed E-state index contributed by atoms with van der Waals surface area (Å²) in [5.74, 6) is 0.771. The van der Waals surface area contributed by atoms with Crippen molar-refractivity contribution in [2.45, 2.75) is 25.2 Å². The molecule has 0 spiro atoms. The van der Waals surface area contributed by atoms with Crippen LogP contribution in [-0.2, 0) is 17.5 Å². The van der Waals surface area contributed by atoms with Crippen LogP contribution in [0.2, 0.25) is 0 Å². The van der Waals surface area contributed by atoms with E-state index in [1.165, 1.54) is 6.20 Å². The zero-order chi connectivity index (χ0) is 29.1. The maximum absolute atomic E-state index is 13.9. The number of benzene rings is 1. The predicted molar refractivity (Wildman–Crippen MR) is 145 cm³/mol. The number of piperazine rings is 1. The van der Waals surface area contributed by atoms with E-state index in [2.05, 4.69) is 15.0 Å². The normalized spacial score (nSPS) is 17.1. The number of nitrogens with zero attached hydrogens (tertiary/aromatic N) is 7. The van der Waals surface area contributed by atoms with E-state index in [1.807, 2.05) is 52.3 Å². The summed E-state index contributed by atoms with van der Waals surface area (Å²) in [7, 11) is 1.83. The first-order valence-electron chi connectivity index (χ1n) is 13.2. The van der Waals surface area contributed by atoms with E-state index in [-0.39, 0.29) is 24.6 Å². The summed E-state index contributed by atoms with van der Waals surface area (Å²) in [6, 6.07) is 12.5. The van der Waals surface area contributed by atoms with Gasteiger partial charge in [-0.1, -0.05) is 24.3 Å². The number of halogens is 3. The highest BCUT2D eigenvalue weighted by Crippen LogP contribution is 2.42. The summed E-state index contributed by atoms with van der Waals surface area (Å²) < 4.78 is 41.6. The van der Waals surface area contributed by atoms with Gasteiger partial charge in [0.2, 0.25) is 5.91 Å². The lowest BCUT2D eigenvalue weighted by Gasteiger charge is -2.36. The SMILES string of the molecule is CN(CCC(=O)N1CCN(c2ccc(C#N)cn2)CC1)C[C@H]1c2ccccc2CN1c1cn[nH]c(=O)c1C(F)(F)F.